The zero-order valence-corrected chi connectivity index (χ0v) is 18.5. The number of thioether (sulfide) groups is 1. The van der Waals surface area contributed by atoms with Gasteiger partial charge in [0, 0.05) is 17.0 Å². The normalized spacial score (nSPS) is 18.7. The fourth-order valence-corrected chi connectivity index (χ4v) is 5.86. The van der Waals surface area contributed by atoms with Crippen LogP contribution in [-0.4, -0.2) is 53.5 Å². The standard InChI is InChI=1S/C17H22N2O5S2.C2H6/c1-4-5-11-24-13-6-8-14(9-7-13)26(22,23)19-10-12-25-17(2,3)15(19)16(20)18-21;1-2/h6-9,15,21H,10-12H2,1-3H3,(H,18,20);1-2H3. The average molecular weight is 429 g/mol. The SMILES string of the molecule is CC.CC#CCOc1ccc(S(=O)(=O)N2CCSC(C)(C)C2C(=O)NO)cc1. The third kappa shape index (κ3) is 5.64. The van der Waals surface area contributed by atoms with E-state index in [0.717, 1.165) is 4.31 Å². The second-order valence-electron chi connectivity index (χ2n) is 6.13. The summed E-state index contributed by atoms with van der Waals surface area (Å²) in [5, 5.41) is 9.05. The number of hydrogen-bond acceptors (Lipinski definition) is 6. The smallest absolute Gasteiger partial charge is 0.263 e. The molecule has 7 nitrogen and oxygen atoms in total. The summed E-state index contributed by atoms with van der Waals surface area (Å²) in [4.78, 5) is 12.2. The number of hydroxylamine groups is 1. The topological polar surface area (TPSA) is 95.9 Å². The first-order chi connectivity index (χ1) is 13.2. The van der Waals surface area contributed by atoms with Crippen molar-refractivity contribution in [3.63, 3.8) is 0 Å². The van der Waals surface area contributed by atoms with Crippen LogP contribution in [0.5, 0.6) is 5.75 Å². The van der Waals surface area contributed by atoms with Crippen LogP contribution in [0.25, 0.3) is 0 Å². The van der Waals surface area contributed by atoms with E-state index >= 15 is 0 Å². The van der Waals surface area contributed by atoms with E-state index in [2.05, 4.69) is 11.8 Å². The van der Waals surface area contributed by atoms with Crippen LogP contribution in [0.2, 0.25) is 0 Å². The van der Waals surface area contributed by atoms with Crippen molar-refractivity contribution in [3.05, 3.63) is 24.3 Å². The first kappa shape index (κ1) is 24.3. The van der Waals surface area contributed by atoms with Crippen LogP contribution < -0.4 is 10.2 Å². The van der Waals surface area contributed by atoms with Gasteiger partial charge in [0.05, 0.1) is 4.90 Å². The summed E-state index contributed by atoms with van der Waals surface area (Å²) >= 11 is 1.49. The molecular weight excluding hydrogens is 400 g/mol. The molecule has 0 aromatic heterocycles. The molecule has 0 spiro atoms. The summed E-state index contributed by atoms with van der Waals surface area (Å²) in [7, 11) is -3.91. The number of amides is 1. The molecule has 0 saturated carbocycles. The predicted molar refractivity (Wildman–Crippen MR) is 111 cm³/mol. The summed E-state index contributed by atoms with van der Waals surface area (Å²) in [6, 6.07) is 4.95. The van der Waals surface area contributed by atoms with E-state index in [4.69, 9.17) is 9.94 Å². The molecule has 1 aliphatic rings. The molecule has 9 heteroatoms. The van der Waals surface area contributed by atoms with Gasteiger partial charge >= 0.3 is 0 Å². The molecule has 1 atom stereocenters. The highest BCUT2D eigenvalue weighted by atomic mass is 32.2. The fraction of sp³-hybridized carbons (Fsp3) is 0.526. The van der Waals surface area contributed by atoms with Crippen LogP contribution in [0.4, 0.5) is 0 Å². The van der Waals surface area contributed by atoms with E-state index < -0.39 is 26.7 Å². The van der Waals surface area contributed by atoms with Gasteiger partial charge in [-0.3, -0.25) is 10.0 Å². The van der Waals surface area contributed by atoms with Crippen molar-refractivity contribution in [2.45, 2.75) is 50.3 Å². The zero-order chi connectivity index (χ0) is 21.4. The van der Waals surface area contributed by atoms with E-state index in [1.54, 1.807) is 38.4 Å². The number of ether oxygens (including phenoxy) is 1. The molecule has 1 aromatic carbocycles. The summed E-state index contributed by atoms with van der Waals surface area (Å²) in [5.74, 6) is 5.78. The van der Waals surface area contributed by atoms with Crippen molar-refractivity contribution in [2.75, 3.05) is 18.9 Å². The van der Waals surface area contributed by atoms with Gasteiger partial charge < -0.3 is 4.74 Å². The molecule has 0 bridgehead atoms. The van der Waals surface area contributed by atoms with Crippen LogP contribution in [-0.2, 0) is 14.8 Å². The molecule has 2 rings (SSSR count). The minimum absolute atomic E-state index is 0.0601. The molecule has 28 heavy (non-hydrogen) atoms. The Kier molecular flexibility index (Phi) is 9.30. The Labute approximate surface area is 171 Å². The maximum atomic E-state index is 13.1. The second kappa shape index (κ2) is 10.7. The number of rotatable bonds is 5. The van der Waals surface area contributed by atoms with Crippen molar-refractivity contribution in [2.24, 2.45) is 0 Å². The second-order valence-corrected chi connectivity index (χ2v) is 9.77. The Bertz CT molecular complexity index is 811. The largest absolute Gasteiger partial charge is 0.481 e. The molecule has 0 radical (unpaired) electrons. The lowest BCUT2D eigenvalue weighted by Crippen LogP contribution is -2.61. The van der Waals surface area contributed by atoms with Gasteiger partial charge in [0.25, 0.3) is 5.91 Å². The van der Waals surface area contributed by atoms with Crippen LogP contribution in [0.1, 0.15) is 34.6 Å². The van der Waals surface area contributed by atoms with Gasteiger partial charge in [0.15, 0.2) is 0 Å². The fourth-order valence-electron chi connectivity index (χ4n) is 2.75. The summed E-state index contributed by atoms with van der Waals surface area (Å²) in [6.07, 6.45) is 0. The lowest BCUT2D eigenvalue weighted by molar-refractivity contribution is -0.134. The number of nitrogens with one attached hydrogen (secondary N) is 1. The van der Waals surface area contributed by atoms with Gasteiger partial charge in [0.1, 0.15) is 18.4 Å². The zero-order valence-electron chi connectivity index (χ0n) is 16.9. The first-order valence-corrected chi connectivity index (χ1v) is 11.4. The highest BCUT2D eigenvalue weighted by Crippen LogP contribution is 2.38. The van der Waals surface area contributed by atoms with Crippen LogP contribution >= 0.6 is 11.8 Å². The Morgan fingerprint density at radius 1 is 1.36 bits per heavy atom. The average Bonchev–Trinajstić information content (AvgIpc) is 2.68. The van der Waals surface area contributed by atoms with Gasteiger partial charge in [0.2, 0.25) is 10.0 Å². The minimum Gasteiger partial charge on any atom is -0.481 e. The van der Waals surface area contributed by atoms with Crippen molar-refractivity contribution >= 4 is 27.7 Å². The van der Waals surface area contributed by atoms with Gasteiger partial charge in [-0.05, 0) is 45.0 Å². The lowest BCUT2D eigenvalue weighted by atomic mass is 10.0. The van der Waals surface area contributed by atoms with E-state index in [1.807, 2.05) is 13.8 Å². The van der Waals surface area contributed by atoms with Crippen molar-refractivity contribution in [1.82, 2.24) is 9.79 Å². The van der Waals surface area contributed by atoms with E-state index in [0.29, 0.717) is 11.5 Å². The Morgan fingerprint density at radius 3 is 2.50 bits per heavy atom. The molecule has 2 N–H and O–H groups in total. The molecule has 1 heterocycles. The van der Waals surface area contributed by atoms with E-state index in [1.165, 1.54) is 23.9 Å². The maximum Gasteiger partial charge on any atom is 0.263 e. The van der Waals surface area contributed by atoms with Gasteiger partial charge in [-0.2, -0.15) is 16.1 Å². The Balaban J connectivity index is 0.00000190. The summed E-state index contributed by atoms with van der Waals surface area (Å²) in [6.45, 7) is 9.67. The van der Waals surface area contributed by atoms with Gasteiger partial charge in [-0.1, -0.05) is 19.8 Å². The van der Waals surface area contributed by atoms with Crippen LogP contribution in [0, 0.1) is 11.8 Å². The number of benzene rings is 1. The lowest BCUT2D eigenvalue weighted by Gasteiger charge is -2.43. The number of carbonyl (C=O) groups is 1. The van der Waals surface area contributed by atoms with E-state index in [-0.39, 0.29) is 18.0 Å². The van der Waals surface area contributed by atoms with E-state index in [9.17, 15) is 13.2 Å². The number of hydrogen-bond donors (Lipinski definition) is 2. The van der Waals surface area contributed by atoms with Crippen molar-refractivity contribution in [1.29, 1.82) is 0 Å². The molecule has 1 fully saturated rings. The minimum atomic E-state index is -3.91. The molecule has 0 aliphatic carbocycles. The Hall–Kier alpha value is -1.73. The summed E-state index contributed by atoms with van der Waals surface area (Å²) in [5.41, 5.74) is 1.59. The molecule has 156 valence electrons. The number of carbonyl (C=O) groups excluding carboxylic acids is 1. The molecule has 1 saturated heterocycles. The van der Waals surface area contributed by atoms with Crippen LogP contribution in [0.15, 0.2) is 29.2 Å². The quantitative estimate of drug-likeness (QED) is 0.425. The summed E-state index contributed by atoms with van der Waals surface area (Å²) < 4.78 is 32.0. The monoisotopic (exact) mass is 428 g/mol. The van der Waals surface area contributed by atoms with Gasteiger partial charge in [-0.15, -0.1) is 5.92 Å². The highest BCUT2D eigenvalue weighted by molar-refractivity contribution is 8.00. The van der Waals surface area contributed by atoms with Crippen molar-refractivity contribution in [3.8, 4) is 17.6 Å². The number of nitrogens with zero attached hydrogens (tertiary/aromatic N) is 1. The third-order valence-corrected chi connectivity index (χ3v) is 7.24. The maximum absolute atomic E-state index is 13.1. The molecule has 1 unspecified atom stereocenters. The first-order valence-electron chi connectivity index (χ1n) is 8.96. The molecule has 1 aliphatic heterocycles. The Morgan fingerprint density at radius 2 is 1.96 bits per heavy atom. The molecule has 1 aromatic rings. The molecule has 1 amide bonds. The van der Waals surface area contributed by atoms with Gasteiger partial charge in [-0.25, -0.2) is 13.9 Å². The number of sulfonamides is 1. The highest BCUT2D eigenvalue weighted by Gasteiger charge is 2.48. The van der Waals surface area contributed by atoms with Crippen molar-refractivity contribution < 1.29 is 23.2 Å². The predicted octanol–water partition coefficient (Wildman–Crippen LogP) is 2.50. The third-order valence-electron chi connectivity index (χ3n) is 4.01. The molecular formula is C19H28N2O5S2. The van der Waals surface area contributed by atoms with Crippen LogP contribution in [0.3, 0.4) is 0 Å².